The monoisotopic (exact) mass is 155 g/mol. The molecule has 3 heteroatoms. The summed E-state index contributed by atoms with van der Waals surface area (Å²) in [5, 5.41) is 2.77. The number of nitrogens with one attached hydrogen (secondary N) is 1. The Morgan fingerprint density at radius 1 is 1.45 bits per heavy atom. The van der Waals surface area contributed by atoms with Crippen LogP contribution >= 0.6 is 0 Å². The molecule has 0 aliphatic carbocycles. The van der Waals surface area contributed by atoms with Crippen LogP contribution in [-0.4, -0.2) is 13.8 Å². The first-order valence-electron chi connectivity index (χ1n) is 3.32. The van der Waals surface area contributed by atoms with Crippen molar-refractivity contribution in [2.24, 2.45) is 0 Å². The molecule has 1 aromatic carbocycles. The van der Waals surface area contributed by atoms with Gasteiger partial charge in [0.2, 0.25) is 0 Å². The first-order chi connectivity index (χ1) is 5.34. The molecule has 11 heavy (non-hydrogen) atoms. The van der Waals surface area contributed by atoms with Gasteiger partial charge >= 0.3 is 0 Å². The van der Waals surface area contributed by atoms with Crippen molar-refractivity contribution in [1.82, 2.24) is 0 Å². The second-order valence-electron chi connectivity index (χ2n) is 2.09. The Kier molecular flexibility index (Phi) is 2.86. The lowest BCUT2D eigenvalue weighted by atomic mass is 10.3. The number of hydrogen-bond donors (Lipinski definition) is 1. The summed E-state index contributed by atoms with van der Waals surface area (Å²) >= 11 is 0. The zero-order valence-electron chi connectivity index (χ0n) is 6.30. The van der Waals surface area contributed by atoms with Gasteiger partial charge in [-0.3, -0.25) is 0 Å². The predicted molar refractivity (Wildman–Crippen MR) is 41.9 cm³/mol. The van der Waals surface area contributed by atoms with E-state index in [2.05, 4.69) is 5.32 Å². The number of para-hydroxylation sites is 1. The SMILES string of the molecule is COCNc1ccccc1F. The molecule has 0 aliphatic rings. The third kappa shape index (κ3) is 2.20. The highest BCUT2D eigenvalue weighted by Crippen LogP contribution is 2.11. The van der Waals surface area contributed by atoms with Crippen LogP contribution in [-0.2, 0) is 4.74 Å². The Morgan fingerprint density at radius 3 is 2.82 bits per heavy atom. The van der Waals surface area contributed by atoms with Crippen LogP contribution in [0, 0.1) is 5.82 Å². The summed E-state index contributed by atoms with van der Waals surface area (Å²) in [6, 6.07) is 6.47. The van der Waals surface area contributed by atoms with Crippen LogP contribution in [0.2, 0.25) is 0 Å². The van der Waals surface area contributed by atoms with Gasteiger partial charge in [0, 0.05) is 7.11 Å². The summed E-state index contributed by atoms with van der Waals surface area (Å²) in [4.78, 5) is 0. The number of rotatable bonds is 3. The standard InChI is InChI=1S/C8H10FNO/c1-11-6-10-8-5-3-2-4-7(8)9/h2-5,10H,6H2,1H3. The van der Waals surface area contributed by atoms with Crippen LogP contribution in [0.1, 0.15) is 0 Å². The molecule has 0 atom stereocenters. The largest absolute Gasteiger partial charge is 0.365 e. The van der Waals surface area contributed by atoms with Gasteiger partial charge in [-0.15, -0.1) is 0 Å². The van der Waals surface area contributed by atoms with Crippen LogP contribution in [0.5, 0.6) is 0 Å². The molecule has 60 valence electrons. The second-order valence-corrected chi connectivity index (χ2v) is 2.09. The van der Waals surface area contributed by atoms with Gasteiger partial charge in [-0.05, 0) is 12.1 Å². The molecule has 0 aromatic heterocycles. The van der Waals surface area contributed by atoms with Gasteiger partial charge < -0.3 is 10.1 Å². The Hall–Kier alpha value is -1.09. The van der Waals surface area contributed by atoms with Crippen molar-refractivity contribution in [2.75, 3.05) is 19.2 Å². The lowest BCUT2D eigenvalue weighted by Gasteiger charge is -2.04. The van der Waals surface area contributed by atoms with Crippen molar-refractivity contribution in [2.45, 2.75) is 0 Å². The Bertz CT molecular complexity index is 227. The van der Waals surface area contributed by atoms with E-state index in [1.54, 1.807) is 25.3 Å². The van der Waals surface area contributed by atoms with Crippen LogP contribution in [0.15, 0.2) is 24.3 Å². The number of halogens is 1. The topological polar surface area (TPSA) is 21.3 Å². The first kappa shape index (κ1) is 8.01. The molecule has 0 aliphatic heterocycles. The fourth-order valence-corrected chi connectivity index (χ4v) is 0.754. The zero-order valence-corrected chi connectivity index (χ0v) is 6.30. The molecule has 1 rings (SSSR count). The van der Waals surface area contributed by atoms with Crippen molar-refractivity contribution >= 4 is 5.69 Å². The second kappa shape index (κ2) is 3.93. The molecule has 0 amide bonds. The van der Waals surface area contributed by atoms with Crippen molar-refractivity contribution < 1.29 is 9.13 Å². The molecular weight excluding hydrogens is 145 g/mol. The van der Waals surface area contributed by atoms with Gasteiger partial charge in [0.1, 0.15) is 12.5 Å². The molecule has 0 saturated heterocycles. The van der Waals surface area contributed by atoms with E-state index in [4.69, 9.17) is 4.74 Å². The van der Waals surface area contributed by atoms with Gasteiger partial charge in [-0.1, -0.05) is 12.1 Å². The molecule has 0 fully saturated rings. The molecule has 0 saturated carbocycles. The van der Waals surface area contributed by atoms with E-state index in [0.717, 1.165) is 0 Å². The summed E-state index contributed by atoms with van der Waals surface area (Å²) in [7, 11) is 1.55. The van der Waals surface area contributed by atoms with E-state index < -0.39 is 0 Å². The van der Waals surface area contributed by atoms with Crippen molar-refractivity contribution in [1.29, 1.82) is 0 Å². The summed E-state index contributed by atoms with van der Waals surface area (Å²) in [6.45, 7) is 0.320. The molecule has 0 spiro atoms. The lowest BCUT2D eigenvalue weighted by Crippen LogP contribution is -2.04. The first-order valence-corrected chi connectivity index (χ1v) is 3.32. The van der Waals surface area contributed by atoms with Gasteiger partial charge in [0.15, 0.2) is 0 Å². The van der Waals surface area contributed by atoms with E-state index >= 15 is 0 Å². The van der Waals surface area contributed by atoms with Gasteiger partial charge in [0.25, 0.3) is 0 Å². The molecule has 0 unspecified atom stereocenters. The Balaban J connectivity index is 2.62. The predicted octanol–water partition coefficient (Wildman–Crippen LogP) is 1.84. The minimum Gasteiger partial charge on any atom is -0.365 e. The zero-order chi connectivity index (χ0) is 8.10. The fraction of sp³-hybridized carbons (Fsp3) is 0.250. The third-order valence-electron chi connectivity index (χ3n) is 1.28. The molecule has 0 radical (unpaired) electrons. The van der Waals surface area contributed by atoms with Crippen LogP contribution in [0.4, 0.5) is 10.1 Å². The summed E-state index contributed by atoms with van der Waals surface area (Å²) in [5.74, 6) is -0.260. The number of anilines is 1. The van der Waals surface area contributed by atoms with Crippen LogP contribution < -0.4 is 5.32 Å². The minimum absolute atomic E-state index is 0.260. The highest BCUT2D eigenvalue weighted by Gasteiger charge is 1.96. The van der Waals surface area contributed by atoms with Crippen molar-refractivity contribution in [3.63, 3.8) is 0 Å². The quantitative estimate of drug-likeness (QED) is 0.672. The summed E-state index contributed by atoms with van der Waals surface area (Å²) in [5.41, 5.74) is 0.467. The highest BCUT2D eigenvalue weighted by atomic mass is 19.1. The normalized spacial score (nSPS) is 9.64. The molecule has 0 heterocycles. The number of ether oxygens (including phenoxy) is 1. The summed E-state index contributed by atoms with van der Waals surface area (Å²) < 4.78 is 17.5. The number of methoxy groups -OCH3 is 1. The maximum Gasteiger partial charge on any atom is 0.146 e. The number of benzene rings is 1. The Labute approximate surface area is 65.0 Å². The van der Waals surface area contributed by atoms with Gasteiger partial charge in [-0.2, -0.15) is 0 Å². The van der Waals surface area contributed by atoms with E-state index in [1.165, 1.54) is 6.07 Å². The highest BCUT2D eigenvalue weighted by molar-refractivity contribution is 5.43. The fourth-order valence-electron chi connectivity index (χ4n) is 0.754. The van der Waals surface area contributed by atoms with Crippen LogP contribution in [0.3, 0.4) is 0 Å². The molecule has 0 bridgehead atoms. The van der Waals surface area contributed by atoms with Crippen molar-refractivity contribution in [3.05, 3.63) is 30.1 Å². The molecule has 1 aromatic rings. The number of hydrogen-bond acceptors (Lipinski definition) is 2. The average Bonchev–Trinajstić information content (AvgIpc) is 2.03. The van der Waals surface area contributed by atoms with Gasteiger partial charge in [0.05, 0.1) is 5.69 Å². The smallest absolute Gasteiger partial charge is 0.146 e. The third-order valence-corrected chi connectivity index (χ3v) is 1.28. The lowest BCUT2D eigenvalue weighted by molar-refractivity contribution is 0.221. The average molecular weight is 155 g/mol. The van der Waals surface area contributed by atoms with Gasteiger partial charge in [-0.25, -0.2) is 4.39 Å². The maximum absolute atomic E-state index is 12.8. The molecule has 1 N–H and O–H groups in total. The Morgan fingerprint density at radius 2 is 2.18 bits per heavy atom. The van der Waals surface area contributed by atoms with E-state index in [1.807, 2.05) is 0 Å². The van der Waals surface area contributed by atoms with E-state index in [9.17, 15) is 4.39 Å². The van der Waals surface area contributed by atoms with E-state index in [-0.39, 0.29) is 5.82 Å². The minimum atomic E-state index is -0.260. The van der Waals surface area contributed by atoms with E-state index in [0.29, 0.717) is 12.4 Å². The maximum atomic E-state index is 12.8. The molecule has 2 nitrogen and oxygen atoms in total. The van der Waals surface area contributed by atoms with Crippen molar-refractivity contribution in [3.8, 4) is 0 Å². The molecular formula is C8H10FNO. The van der Waals surface area contributed by atoms with Crippen LogP contribution in [0.25, 0.3) is 0 Å². The summed E-state index contributed by atoms with van der Waals surface area (Å²) in [6.07, 6.45) is 0.